The zero-order valence-electron chi connectivity index (χ0n) is 12.8. The van der Waals surface area contributed by atoms with E-state index in [-0.39, 0.29) is 18.2 Å². The van der Waals surface area contributed by atoms with E-state index in [4.69, 9.17) is 21.1 Å². The number of furan rings is 1. The number of amides is 1. The van der Waals surface area contributed by atoms with Crippen LogP contribution >= 0.6 is 11.6 Å². The second-order valence-electron chi connectivity index (χ2n) is 5.12. The van der Waals surface area contributed by atoms with Crippen LogP contribution in [0.25, 0.3) is 17.1 Å². The molecule has 0 aliphatic rings. The molecule has 0 atom stereocenters. The van der Waals surface area contributed by atoms with Crippen molar-refractivity contribution in [2.24, 2.45) is 0 Å². The smallest absolute Gasteiger partial charge is 0.271 e. The molecule has 3 aromatic rings. The zero-order chi connectivity index (χ0) is 16.9. The van der Waals surface area contributed by atoms with Crippen molar-refractivity contribution < 1.29 is 14.3 Å². The number of carbonyl (C=O) groups is 1. The van der Waals surface area contributed by atoms with Gasteiger partial charge < -0.3 is 14.8 Å². The first kappa shape index (κ1) is 16.3. The molecule has 0 aliphatic heterocycles. The summed E-state index contributed by atoms with van der Waals surface area (Å²) in [6, 6.07) is 12.4. The predicted octanol–water partition coefficient (Wildman–Crippen LogP) is 2.90. The highest BCUT2D eigenvalue weighted by Crippen LogP contribution is 2.25. The van der Waals surface area contributed by atoms with Crippen LogP contribution in [0.3, 0.4) is 0 Å². The van der Waals surface area contributed by atoms with E-state index >= 15 is 0 Å². The van der Waals surface area contributed by atoms with Crippen molar-refractivity contribution in [2.75, 3.05) is 13.2 Å². The highest BCUT2D eigenvalue weighted by Gasteiger charge is 2.18. The number of rotatable bonds is 6. The van der Waals surface area contributed by atoms with Crippen LogP contribution in [0, 0.1) is 0 Å². The van der Waals surface area contributed by atoms with Crippen molar-refractivity contribution in [3.8, 4) is 17.1 Å². The van der Waals surface area contributed by atoms with Gasteiger partial charge in [0.2, 0.25) is 0 Å². The summed E-state index contributed by atoms with van der Waals surface area (Å²) in [6.07, 6.45) is 2.05. The molecule has 0 aliphatic carbocycles. The van der Waals surface area contributed by atoms with Crippen molar-refractivity contribution in [1.29, 1.82) is 0 Å². The lowest BCUT2D eigenvalue weighted by Crippen LogP contribution is -2.25. The zero-order valence-corrected chi connectivity index (χ0v) is 13.5. The third-order valence-corrected chi connectivity index (χ3v) is 3.62. The summed E-state index contributed by atoms with van der Waals surface area (Å²) in [5.41, 5.74) is 1.64. The largest absolute Gasteiger partial charge is 0.463 e. The molecule has 0 spiro atoms. The molecular weight excluding hydrogens is 330 g/mol. The Hall–Kier alpha value is -2.57. The lowest BCUT2D eigenvalue weighted by molar-refractivity contribution is 0.0945. The summed E-state index contributed by atoms with van der Waals surface area (Å²) in [7, 11) is 0. The van der Waals surface area contributed by atoms with Crippen LogP contribution in [0.4, 0.5) is 0 Å². The fraction of sp³-hybridized carbons (Fsp3) is 0.176. The van der Waals surface area contributed by atoms with Crippen LogP contribution in [-0.2, 0) is 0 Å². The molecule has 7 heteroatoms. The first-order chi connectivity index (χ1) is 11.7. The molecule has 6 nitrogen and oxygen atoms in total. The Balaban J connectivity index is 1.99. The molecule has 0 bridgehead atoms. The molecule has 1 amide bonds. The van der Waals surface area contributed by atoms with Gasteiger partial charge in [-0.15, -0.1) is 0 Å². The number of hydrogen-bond donors (Lipinski definition) is 2. The van der Waals surface area contributed by atoms with Crippen LogP contribution in [0.5, 0.6) is 0 Å². The highest BCUT2D eigenvalue weighted by atomic mass is 35.5. The number of carbonyl (C=O) groups excluding carboxylic acids is 1. The van der Waals surface area contributed by atoms with E-state index in [9.17, 15) is 4.79 Å². The molecule has 0 saturated carbocycles. The molecule has 2 aromatic heterocycles. The summed E-state index contributed by atoms with van der Waals surface area (Å²) >= 11 is 6.06. The SMILES string of the molecule is O=C(NCCCO)c1cc(-c2ccco2)n(-c2cccc(Cl)c2)n1. The van der Waals surface area contributed by atoms with Crippen molar-refractivity contribution in [3.63, 3.8) is 0 Å². The van der Waals surface area contributed by atoms with Crippen molar-refractivity contribution >= 4 is 17.5 Å². The minimum Gasteiger partial charge on any atom is -0.463 e. The fourth-order valence-electron chi connectivity index (χ4n) is 2.27. The van der Waals surface area contributed by atoms with Gasteiger partial charge in [-0.25, -0.2) is 4.68 Å². The fourth-order valence-corrected chi connectivity index (χ4v) is 2.45. The van der Waals surface area contributed by atoms with E-state index in [2.05, 4.69) is 10.4 Å². The van der Waals surface area contributed by atoms with Gasteiger partial charge in [0.15, 0.2) is 11.5 Å². The maximum atomic E-state index is 12.2. The second kappa shape index (κ2) is 7.33. The van der Waals surface area contributed by atoms with Crippen molar-refractivity contribution in [3.05, 3.63) is 59.4 Å². The van der Waals surface area contributed by atoms with Gasteiger partial charge in [-0.2, -0.15) is 5.10 Å². The molecule has 24 heavy (non-hydrogen) atoms. The highest BCUT2D eigenvalue weighted by molar-refractivity contribution is 6.30. The Morgan fingerprint density at radius 3 is 2.88 bits per heavy atom. The monoisotopic (exact) mass is 345 g/mol. The van der Waals surface area contributed by atoms with E-state index in [1.807, 2.05) is 12.1 Å². The van der Waals surface area contributed by atoms with Crippen LogP contribution < -0.4 is 5.32 Å². The normalized spacial score (nSPS) is 10.8. The Morgan fingerprint density at radius 1 is 1.29 bits per heavy atom. The standard InChI is InChI=1S/C17H16ClN3O3/c18-12-4-1-5-13(10-12)21-15(16-6-2-9-24-16)11-14(20-21)17(23)19-7-3-8-22/h1-2,4-6,9-11,22H,3,7-8H2,(H,19,23). The number of hydrogen-bond acceptors (Lipinski definition) is 4. The number of nitrogens with zero attached hydrogens (tertiary/aromatic N) is 2. The van der Waals surface area contributed by atoms with Crippen LogP contribution in [0.1, 0.15) is 16.9 Å². The third kappa shape index (κ3) is 3.50. The van der Waals surface area contributed by atoms with Crippen molar-refractivity contribution in [2.45, 2.75) is 6.42 Å². The number of nitrogens with one attached hydrogen (secondary N) is 1. The quantitative estimate of drug-likeness (QED) is 0.673. The van der Waals surface area contributed by atoms with Crippen LogP contribution in [0.2, 0.25) is 5.02 Å². The third-order valence-electron chi connectivity index (χ3n) is 3.39. The van der Waals surface area contributed by atoms with Gasteiger partial charge in [-0.1, -0.05) is 17.7 Å². The second-order valence-corrected chi connectivity index (χ2v) is 5.55. The van der Waals surface area contributed by atoms with E-state index in [1.54, 1.807) is 41.3 Å². The maximum Gasteiger partial charge on any atom is 0.271 e. The number of aliphatic hydroxyl groups excluding tert-OH is 1. The predicted molar refractivity (Wildman–Crippen MR) is 90.3 cm³/mol. The lowest BCUT2D eigenvalue weighted by atomic mass is 10.2. The van der Waals surface area contributed by atoms with Crippen molar-refractivity contribution in [1.82, 2.24) is 15.1 Å². The Morgan fingerprint density at radius 2 is 2.17 bits per heavy atom. The molecule has 2 heterocycles. The molecule has 0 fully saturated rings. The average Bonchev–Trinajstić information content (AvgIpc) is 3.24. The maximum absolute atomic E-state index is 12.2. The molecule has 3 rings (SSSR count). The lowest BCUT2D eigenvalue weighted by Gasteiger charge is -2.05. The summed E-state index contributed by atoms with van der Waals surface area (Å²) in [5.74, 6) is 0.286. The minimum atomic E-state index is -0.308. The van der Waals surface area contributed by atoms with E-state index < -0.39 is 0 Å². The Bertz CT molecular complexity index is 827. The number of aliphatic hydroxyl groups is 1. The summed E-state index contributed by atoms with van der Waals surface area (Å²) < 4.78 is 7.06. The number of halogens is 1. The van der Waals surface area contributed by atoms with Gasteiger partial charge in [-0.05, 0) is 36.8 Å². The van der Waals surface area contributed by atoms with Crippen LogP contribution in [0.15, 0.2) is 53.1 Å². The molecular formula is C17H16ClN3O3. The Labute approximate surface area is 143 Å². The van der Waals surface area contributed by atoms with E-state index in [0.717, 1.165) is 5.69 Å². The summed E-state index contributed by atoms with van der Waals surface area (Å²) in [5, 5.41) is 16.5. The molecule has 2 N–H and O–H groups in total. The van der Waals surface area contributed by atoms with Gasteiger partial charge >= 0.3 is 0 Å². The van der Waals surface area contributed by atoms with Gasteiger partial charge in [0.25, 0.3) is 5.91 Å². The topological polar surface area (TPSA) is 80.3 Å². The first-order valence-electron chi connectivity index (χ1n) is 7.48. The van der Waals surface area contributed by atoms with Gasteiger partial charge in [0, 0.05) is 24.2 Å². The summed E-state index contributed by atoms with van der Waals surface area (Å²) in [4.78, 5) is 12.2. The minimum absolute atomic E-state index is 0.0227. The number of benzene rings is 1. The Kier molecular flexibility index (Phi) is 4.98. The number of aromatic nitrogens is 2. The molecule has 0 radical (unpaired) electrons. The van der Waals surface area contributed by atoms with E-state index in [1.165, 1.54) is 0 Å². The average molecular weight is 346 g/mol. The molecule has 124 valence electrons. The van der Waals surface area contributed by atoms with Gasteiger partial charge in [0.05, 0.1) is 12.0 Å². The molecule has 0 unspecified atom stereocenters. The summed E-state index contributed by atoms with van der Waals surface area (Å²) in [6.45, 7) is 0.407. The first-order valence-corrected chi connectivity index (χ1v) is 7.86. The van der Waals surface area contributed by atoms with Gasteiger partial charge in [0.1, 0.15) is 5.69 Å². The van der Waals surface area contributed by atoms with Gasteiger partial charge in [-0.3, -0.25) is 4.79 Å². The molecule has 1 aromatic carbocycles. The molecule has 0 saturated heterocycles. The van der Waals surface area contributed by atoms with Crippen LogP contribution in [-0.4, -0.2) is 33.9 Å². The van der Waals surface area contributed by atoms with E-state index in [0.29, 0.717) is 29.4 Å².